The lowest BCUT2D eigenvalue weighted by molar-refractivity contribution is 0.689. The molecule has 0 saturated carbocycles. The summed E-state index contributed by atoms with van der Waals surface area (Å²) in [7, 11) is 0. The van der Waals surface area contributed by atoms with Gasteiger partial charge in [-0.3, -0.25) is 9.80 Å². The molecule has 2 aromatic carbocycles. The molecule has 4 nitrogen and oxygen atoms in total. The predicted molar refractivity (Wildman–Crippen MR) is 87.6 cm³/mol. The summed E-state index contributed by atoms with van der Waals surface area (Å²) in [5, 5.41) is 2.77. The van der Waals surface area contributed by atoms with Gasteiger partial charge in [-0.2, -0.15) is 0 Å². The van der Waals surface area contributed by atoms with Crippen LogP contribution in [0, 0.1) is 0 Å². The monoisotopic (exact) mass is 291 g/mol. The molecule has 1 aliphatic heterocycles. The van der Waals surface area contributed by atoms with Crippen LogP contribution in [0.25, 0.3) is 10.9 Å². The van der Waals surface area contributed by atoms with Gasteiger partial charge in [0.15, 0.2) is 0 Å². The van der Waals surface area contributed by atoms with E-state index < -0.39 is 0 Å². The van der Waals surface area contributed by atoms with Crippen LogP contribution in [0.3, 0.4) is 0 Å². The third kappa shape index (κ3) is 1.99. The SMILES string of the molecule is CCc1nc2ccccc2c(=O)n1N1C[C@H]1c1ccccc1. The number of fused-ring (bicyclic) bond motifs is 1. The molecule has 0 unspecified atom stereocenters. The number of hydrogen-bond acceptors (Lipinski definition) is 3. The van der Waals surface area contributed by atoms with Gasteiger partial charge in [-0.15, -0.1) is 0 Å². The lowest BCUT2D eigenvalue weighted by atomic mass is 10.2. The second-order valence-electron chi connectivity index (χ2n) is 5.56. The number of hydrogen-bond donors (Lipinski definition) is 0. The summed E-state index contributed by atoms with van der Waals surface area (Å²) in [4.78, 5) is 17.5. The summed E-state index contributed by atoms with van der Waals surface area (Å²) < 4.78 is 1.76. The first-order valence-electron chi connectivity index (χ1n) is 7.62. The maximum Gasteiger partial charge on any atom is 0.280 e. The van der Waals surface area contributed by atoms with Gasteiger partial charge < -0.3 is 0 Å². The maximum atomic E-state index is 12.8. The lowest BCUT2D eigenvalue weighted by Crippen LogP contribution is -2.32. The van der Waals surface area contributed by atoms with Crippen molar-refractivity contribution < 1.29 is 0 Å². The van der Waals surface area contributed by atoms with E-state index in [2.05, 4.69) is 22.1 Å². The summed E-state index contributed by atoms with van der Waals surface area (Å²) in [6.45, 7) is 2.89. The van der Waals surface area contributed by atoms with Gasteiger partial charge in [-0.1, -0.05) is 49.4 Å². The molecule has 1 saturated heterocycles. The van der Waals surface area contributed by atoms with Gasteiger partial charge in [0.2, 0.25) is 0 Å². The minimum atomic E-state index is 0.0286. The Bertz CT molecular complexity index is 886. The molecular formula is C18H17N3O. The molecule has 2 heterocycles. The van der Waals surface area contributed by atoms with Crippen molar-refractivity contribution in [1.29, 1.82) is 0 Å². The van der Waals surface area contributed by atoms with Gasteiger partial charge in [0.05, 0.1) is 23.5 Å². The van der Waals surface area contributed by atoms with Crippen LogP contribution in [0.5, 0.6) is 0 Å². The van der Waals surface area contributed by atoms with Crippen molar-refractivity contribution in [3.05, 3.63) is 76.3 Å². The average molecular weight is 291 g/mol. The van der Waals surface area contributed by atoms with E-state index in [0.29, 0.717) is 5.39 Å². The molecule has 4 rings (SSSR count). The van der Waals surface area contributed by atoms with E-state index in [1.807, 2.05) is 49.4 Å². The molecule has 0 aliphatic carbocycles. The standard InChI is InChI=1S/C18H17N3O/c1-2-17-19-15-11-7-6-10-14(15)18(22)21(17)20-12-16(20)13-8-4-3-5-9-13/h3-11,16H,2,12H2,1H3/t16-,20?/m0/s1. The van der Waals surface area contributed by atoms with E-state index in [1.54, 1.807) is 4.68 Å². The van der Waals surface area contributed by atoms with Gasteiger partial charge in [0.25, 0.3) is 5.56 Å². The van der Waals surface area contributed by atoms with E-state index in [0.717, 1.165) is 24.3 Å². The zero-order valence-corrected chi connectivity index (χ0v) is 12.4. The maximum absolute atomic E-state index is 12.8. The first-order chi connectivity index (χ1) is 10.8. The lowest BCUT2D eigenvalue weighted by Gasteiger charge is -2.15. The molecule has 110 valence electrons. The summed E-state index contributed by atoms with van der Waals surface area (Å²) in [5.74, 6) is 0.821. The molecule has 1 atom stereocenters. The normalized spacial score (nSPS) is 17.0. The van der Waals surface area contributed by atoms with Gasteiger partial charge in [0, 0.05) is 6.42 Å². The molecule has 0 amide bonds. The number of aromatic nitrogens is 2. The van der Waals surface area contributed by atoms with Crippen molar-refractivity contribution in [1.82, 2.24) is 9.66 Å². The van der Waals surface area contributed by atoms with Crippen molar-refractivity contribution in [2.24, 2.45) is 0 Å². The van der Waals surface area contributed by atoms with Gasteiger partial charge in [0.1, 0.15) is 5.82 Å². The first kappa shape index (κ1) is 13.1. The topological polar surface area (TPSA) is 37.9 Å². The Labute approximate surface area is 128 Å². The molecule has 1 fully saturated rings. The van der Waals surface area contributed by atoms with Crippen LogP contribution >= 0.6 is 0 Å². The Morgan fingerprint density at radius 3 is 2.59 bits per heavy atom. The number of para-hydroxylation sites is 1. The fourth-order valence-electron chi connectivity index (χ4n) is 2.97. The summed E-state index contributed by atoms with van der Waals surface area (Å²) >= 11 is 0. The zero-order valence-electron chi connectivity index (χ0n) is 12.4. The van der Waals surface area contributed by atoms with Crippen LogP contribution < -0.4 is 10.6 Å². The third-order valence-electron chi connectivity index (χ3n) is 4.16. The highest BCUT2D eigenvalue weighted by Crippen LogP contribution is 2.32. The summed E-state index contributed by atoms with van der Waals surface area (Å²) in [6.07, 6.45) is 0.734. The van der Waals surface area contributed by atoms with Crippen LogP contribution in [0.15, 0.2) is 59.4 Å². The number of aryl methyl sites for hydroxylation is 1. The Morgan fingerprint density at radius 1 is 1.09 bits per heavy atom. The van der Waals surface area contributed by atoms with E-state index >= 15 is 0 Å². The summed E-state index contributed by atoms with van der Waals surface area (Å²) in [5.41, 5.74) is 2.05. The molecule has 0 spiro atoms. The van der Waals surface area contributed by atoms with E-state index in [-0.39, 0.29) is 11.6 Å². The molecule has 1 aromatic heterocycles. The second kappa shape index (κ2) is 4.98. The quantitative estimate of drug-likeness (QED) is 0.696. The van der Waals surface area contributed by atoms with Crippen LogP contribution in [0.2, 0.25) is 0 Å². The molecule has 4 heteroatoms. The highest BCUT2D eigenvalue weighted by molar-refractivity contribution is 5.77. The van der Waals surface area contributed by atoms with Crippen molar-refractivity contribution in [2.45, 2.75) is 19.4 Å². The Hall–Kier alpha value is -2.62. The van der Waals surface area contributed by atoms with Crippen LogP contribution in [-0.4, -0.2) is 16.2 Å². The summed E-state index contributed by atoms with van der Waals surface area (Å²) in [6, 6.07) is 18.1. The van der Waals surface area contributed by atoms with Crippen molar-refractivity contribution in [2.75, 3.05) is 11.6 Å². The Morgan fingerprint density at radius 2 is 1.82 bits per heavy atom. The molecule has 0 radical (unpaired) electrons. The number of rotatable bonds is 3. The molecule has 3 aromatic rings. The van der Waals surface area contributed by atoms with Crippen LogP contribution in [-0.2, 0) is 6.42 Å². The van der Waals surface area contributed by atoms with Gasteiger partial charge >= 0.3 is 0 Å². The smallest absolute Gasteiger partial charge is 0.280 e. The van der Waals surface area contributed by atoms with E-state index in [1.165, 1.54) is 5.56 Å². The fraction of sp³-hybridized carbons (Fsp3) is 0.222. The Balaban J connectivity index is 1.83. The molecular weight excluding hydrogens is 274 g/mol. The van der Waals surface area contributed by atoms with Crippen LogP contribution in [0.1, 0.15) is 24.4 Å². The average Bonchev–Trinajstić information content (AvgIpc) is 3.36. The molecule has 1 aliphatic rings. The minimum Gasteiger partial charge on any atom is -0.297 e. The fourth-order valence-corrected chi connectivity index (χ4v) is 2.97. The van der Waals surface area contributed by atoms with E-state index in [4.69, 9.17) is 0 Å². The molecule has 22 heavy (non-hydrogen) atoms. The van der Waals surface area contributed by atoms with Crippen molar-refractivity contribution in [3.63, 3.8) is 0 Å². The molecule has 0 N–H and O–H groups in total. The highest BCUT2D eigenvalue weighted by atomic mass is 16.1. The van der Waals surface area contributed by atoms with Gasteiger partial charge in [-0.25, -0.2) is 9.66 Å². The number of nitrogens with zero attached hydrogens (tertiary/aromatic N) is 3. The number of benzene rings is 2. The van der Waals surface area contributed by atoms with E-state index in [9.17, 15) is 4.79 Å². The van der Waals surface area contributed by atoms with Crippen LogP contribution in [0.4, 0.5) is 0 Å². The third-order valence-corrected chi connectivity index (χ3v) is 4.16. The van der Waals surface area contributed by atoms with Crippen molar-refractivity contribution in [3.8, 4) is 0 Å². The minimum absolute atomic E-state index is 0.0286. The largest absolute Gasteiger partial charge is 0.297 e. The first-order valence-corrected chi connectivity index (χ1v) is 7.62. The highest BCUT2D eigenvalue weighted by Gasteiger charge is 2.38. The van der Waals surface area contributed by atoms with Crippen molar-refractivity contribution >= 4 is 10.9 Å². The Kier molecular flexibility index (Phi) is 2.96. The predicted octanol–water partition coefficient (Wildman–Crippen LogP) is 2.65. The van der Waals surface area contributed by atoms with Gasteiger partial charge in [-0.05, 0) is 17.7 Å². The molecule has 0 bridgehead atoms. The zero-order chi connectivity index (χ0) is 15.1. The second-order valence-corrected chi connectivity index (χ2v) is 5.56.